The highest BCUT2D eigenvalue weighted by atomic mass is 16.5. The molecule has 4 rings (SSSR count). The molecule has 0 radical (unpaired) electrons. The highest BCUT2D eigenvalue weighted by molar-refractivity contribution is 6.38. The van der Waals surface area contributed by atoms with E-state index < -0.39 is 48.1 Å². The number of amides is 3. The van der Waals surface area contributed by atoms with Crippen molar-refractivity contribution < 1.29 is 38.2 Å². The van der Waals surface area contributed by atoms with Crippen molar-refractivity contribution in [1.82, 2.24) is 16.0 Å². The fraction of sp³-hybridized carbons (Fsp3) is 0.273. The maximum absolute atomic E-state index is 13.3. The SMILES string of the molecule is CCOC(=O)CNC(=O)C(=O)C(COCc1ccccc1)NC(=O)[C@@H](C)NC(=O)c1ccc(C)c2c1C(=O)c1ccccc1-2. The Balaban J connectivity index is 1.45. The summed E-state index contributed by atoms with van der Waals surface area (Å²) in [5.41, 5.74) is 3.92. The van der Waals surface area contributed by atoms with Gasteiger partial charge in [-0.3, -0.25) is 28.8 Å². The maximum atomic E-state index is 13.3. The second-order valence-corrected chi connectivity index (χ2v) is 10.2. The van der Waals surface area contributed by atoms with Crippen LogP contribution in [0.3, 0.4) is 0 Å². The molecule has 0 spiro atoms. The van der Waals surface area contributed by atoms with E-state index in [1.165, 1.54) is 13.0 Å². The predicted molar refractivity (Wildman–Crippen MR) is 160 cm³/mol. The molecule has 0 aliphatic heterocycles. The van der Waals surface area contributed by atoms with Gasteiger partial charge in [0.05, 0.1) is 25.4 Å². The molecule has 0 heterocycles. The first-order valence-electron chi connectivity index (χ1n) is 14.1. The van der Waals surface area contributed by atoms with Crippen LogP contribution in [0.2, 0.25) is 0 Å². The van der Waals surface area contributed by atoms with Crippen molar-refractivity contribution in [3.8, 4) is 11.1 Å². The molecule has 1 aliphatic carbocycles. The molecule has 0 fully saturated rings. The molecule has 3 aromatic rings. The van der Waals surface area contributed by atoms with Crippen LogP contribution in [-0.4, -0.2) is 67.1 Å². The van der Waals surface area contributed by atoms with Crippen LogP contribution >= 0.6 is 0 Å². The number of Topliss-reactive ketones (excluding diaryl/α,β-unsaturated/α-hetero) is 1. The van der Waals surface area contributed by atoms with Gasteiger partial charge in [-0.2, -0.15) is 0 Å². The first-order valence-corrected chi connectivity index (χ1v) is 14.1. The fourth-order valence-electron chi connectivity index (χ4n) is 4.81. The van der Waals surface area contributed by atoms with Gasteiger partial charge in [-0.15, -0.1) is 0 Å². The van der Waals surface area contributed by atoms with Crippen LogP contribution in [-0.2, 0) is 35.3 Å². The van der Waals surface area contributed by atoms with Crippen LogP contribution in [0.4, 0.5) is 0 Å². The van der Waals surface area contributed by atoms with E-state index in [0.29, 0.717) is 11.1 Å². The Morgan fingerprint density at radius 2 is 1.52 bits per heavy atom. The second-order valence-electron chi connectivity index (χ2n) is 10.2. The Hall–Kier alpha value is -5.16. The van der Waals surface area contributed by atoms with Gasteiger partial charge in [-0.25, -0.2) is 0 Å². The van der Waals surface area contributed by atoms with E-state index in [0.717, 1.165) is 16.7 Å². The molecular weight excluding hydrogens is 566 g/mol. The number of hydrogen-bond acceptors (Lipinski definition) is 8. The normalized spacial score (nSPS) is 12.8. The minimum Gasteiger partial charge on any atom is -0.465 e. The zero-order valence-electron chi connectivity index (χ0n) is 24.6. The van der Waals surface area contributed by atoms with Gasteiger partial charge in [0.1, 0.15) is 18.6 Å². The van der Waals surface area contributed by atoms with Crippen molar-refractivity contribution in [1.29, 1.82) is 0 Å². The van der Waals surface area contributed by atoms with Gasteiger partial charge in [0.15, 0.2) is 5.78 Å². The Morgan fingerprint density at radius 3 is 2.23 bits per heavy atom. The number of aryl methyl sites for hydroxylation is 1. The highest BCUT2D eigenvalue weighted by Crippen LogP contribution is 2.40. The average Bonchev–Trinajstić information content (AvgIpc) is 3.32. The largest absolute Gasteiger partial charge is 0.465 e. The summed E-state index contributed by atoms with van der Waals surface area (Å²) in [5.74, 6) is -4.59. The molecule has 0 saturated carbocycles. The summed E-state index contributed by atoms with van der Waals surface area (Å²) in [5, 5.41) is 7.23. The second kappa shape index (κ2) is 14.3. The fourth-order valence-corrected chi connectivity index (χ4v) is 4.81. The average molecular weight is 600 g/mol. The Bertz CT molecular complexity index is 1600. The maximum Gasteiger partial charge on any atom is 0.325 e. The molecule has 1 unspecified atom stereocenters. The summed E-state index contributed by atoms with van der Waals surface area (Å²) in [4.78, 5) is 76.9. The molecule has 11 nitrogen and oxygen atoms in total. The van der Waals surface area contributed by atoms with Crippen molar-refractivity contribution in [3.63, 3.8) is 0 Å². The van der Waals surface area contributed by atoms with Gasteiger partial charge in [-0.05, 0) is 49.1 Å². The lowest BCUT2D eigenvalue weighted by Crippen LogP contribution is -2.55. The van der Waals surface area contributed by atoms with Crippen LogP contribution < -0.4 is 16.0 Å². The van der Waals surface area contributed by atoms with Gasteiger partial charge < -0.3 is 25.4 Å². The molecular formula is C33H33N3O8. The van der Waals surface area contributed by atoms with Crippen molar-refractivity contribution >= 4 is 35.3 Å². The number of esters is 1. The van der Waals surface area contributed by atoms with Crippen molar-refractivity contribution in [2.45, 2.75) is 39.5 Å². The summed E-state index contributed by atoms with van der Waals surface area (Å²) >= 11 is 0. The molecule has 44 heavy (non-hydrogen) atoms. The highest BCUT2D eigenvalue weighted by Gasteiger charge is 2.34. The predicted octanol–water partition coefficient (Wildman–Crippen LogP) is 2.27. The summed E-state index contributed by atoms with van der Waals surface area (Å²) in [7, 11) is 0. The third-order valence-electron chi connectivity index (χ3n) is 7.02. The van der Waals surface area contributed by atoms with Gasteiger partial charge in [0.2, 0.25) is 11.7 Å². The number of carbonyl (C=O) groups is 6. The zero-order chi connectivity index (χ0) is 31.8. The van der Waals surface area contributed by atoms with E-state index in [1.807, 2.05) is 49.4 Å². The number of fused-ring (bicyclic) bond motifs is 3. The Morgan fingerprint density at radius 1 is 0.841 bits per heavy atom. The number of benzene rings is 3. The molecule has 228 valence electrons. The third kappa shape index (κ3) is 7.24. The van der Waals surface area contributed by atoms with E-state index in [1.54, 1.807) is 25.1 Å². The molecule has 11 heteroatoms. The first kappa shape index (κ1) is 31.8. The van der Waals surface area contributed by atoms with Crippen LogP contribution in [0.25, 0.3) is 11.1 Å². The Labute approximate surface area is 254 Å². The van der Waals surface area contributed by atoms with Gasteiger partial charge in [0.25, 0.3) is 11.8 Å². The van der Waals surface area contributed by atoms with Crippen LogP contribution in [0.5, 0.6) is 0 Å². The molecule has 0 aromatic heterocycles. The summed E-state index contributed by atoms with van der Waals surface area (Å²) in [6.45, 7) is 4.18. The van der Waals surface area contributed by atoms with Crippen molar-refractivity contribution in [2.24, 2.45) is 0 Å². The lowest BCUT2D eigenvalue weighted by Gasteiger charge is -2.21. The molecule has 0 saturated heterocycles. The van der Waals surface area contributed by atoms with E-state index in [9.17, 15) is 28.8 Å². The third-order valence-corrected chi connectivity index (χ3v) is 7.02. The summed E-state index contributed by atoms with van der Waals surface area (Å²) in [6.07, 6.45) is 0. The van der Waals surface area contributed by atoms with Crippen LogP contribution in [0.1, 0.15) is 51.3 Å². The van der Waals surface area contributed by atoms with Crippen LogP contribution in [0, 0.1) is 6.92 Å². The number of hydrogen-bond donors (Lipinski definition) is 3. The van der Waals surface area contributed by atoms with Gasteiger partial charge >= 0.3 is 5.97 Å². The standard InChI is InChI=1S/C33H33N3O8/c1-4-44-26(37)16-34-33(42)30(39)25(18-43-17-21-10-6-5-7-11-21)36-31(40)20(3)35-32(41)24-15-14-19(2)27-22-12-8-9-13-23(22)29(38)28(24)27/h5-15,20,25H,4,16-18H2,1-3H3,(H,34,42)(H,35,41)(H,36,40)/t20-,25?/m1/s1. The van der Waals surface area contributed by atoms with E-state index >= 15 is 0 Å². The van der Waals surface area contributed by atoms with E-state index in [4.69, 9.17) is 9.47 Å². The first-order chi connectivity index (χ1) is 21.1. The minimum absolute atomic E-state index is 0.102. The van der Waals surface area contributed by atoms with E-state index in [2.05, 4.69) is 16.0 Å². The molecule has 3 amide bonds. The number of rotatable bonds is 13. The van der Waals surface area contributed by atoms with Crippen LogP contribution in [0.15, 0.2) is 66.7 Å². The van der Waals surface area contributed by atoms with Gasteiger partial charge in [0, 0.05) is 11.1 Å². The number of ketones is 2. The smallest absolute Gasteiger partial charge is 0.325 e. The number of nitrogens with one attached hydrogen (secondary N) is 3. The Kier molecular flexibility index (Phi) is 10.4. The monoisotopic (exact) mass is 599 g/mol. The lowest BCUT2D eigenvalue weighted by molar-refractivity contribution is -0.145. The minimum atomic E-state index is -1.42. The topological polar surface area (TPSA) is 157 Å². The number of carbonyl (C=O) groups excluding carboxylic acids is 6. The summed E-state index contributed by atoms with van der Waals surface area (Å²) in [6, 6.07) is 16.9. The molecule has 2 atom stereocenters. The lowest BCUT2D eigenvalue weighted by atomic mass is 9.95. The molecule has 3 aromatic carbocycles. The molecule has 0 bridgehead atoms. The van der Waals surface area contributed by atoms with Crippen molar-refractivity contribution in [3.05, 3.63) is 94.5 Å². The number of ether oxygens (including phenoxy) is 2. The quantitative estimate of drug-likeness (QED) is 0.156. The van der Waals surface area contributed by atoms with Gasteiger partial charge in [-0.1, -0.05) is 60.7 Å². The van der Waals surface area contributed by atoms with Crippen molar-refractivity contribution in [2.75, 3.05) is 19.8 Å². The summed E-state index contributed by atoms with van der Waals surface area (Å²) < 4.78 is 10.4. The molecule has 3 N–H and O–H groups in total. The zero-order valence-corrected chi connectivity index (χ0v) is 24.6. The molecule has 1 aliphatic rings. The van der Waals surface area contributed by atoms with E-state index in [-0.39, 0.29) is 36.7 Å².